The van der Waals surface area contributed by atoms with Crippen LogP contribution in [-0.2, 0) is 13.0 Å². The molecule has 0 amide bonds. The van der Waals surface area contributed by atoms with Gasteiger partial charge in [-0.25, -0.2) is 4.98 Å². The highest BCUT2D eigenvalue weighted by Gasteiger charge is 2.22. The molecule has 2 heterocycles. The summed E-state index contributed by atoms with van der Waals surface area (Å²) >= 11 is 1.69. The van der Waals surface area contributed by atoms with E-state index in [-0.39, 0.29) is 0 Å². The van der Waals surface area contributed by atoms with Crippen LogP contribution in [0.5, 0.6) is 0 Å². The summed E-state index contributed by atoms with van der Waals surface area (Å²) in [4.78, 5) is 5.69. The van der Waals surface area contributed by atoms with Crippen LogP contribution in [-0.4, -0.2) is 9.38 Å². The Bertz CT molecular complexity index is 756. The molecule has 0 saturated carbocycles. The van der Waals surface area contributed by atoms with E-state index in [0.717, 1.165) is 17.2 Å². The number of aryl methyl sites for hydroxylation is 2. The highest BCUT2D eigenvalue weighted by Crippen LogP contribution is 2.31. The highest BCUT2D eigenvalue weighted by molar-refractivity contribution is 7.15. The Labute approximate surface area is 122 Å². The minimum absolute atomic E-state index is 0.481. The predicted molar refractivity (Wildman–Crippen MR) is 82.1 cm³/mol. The molecule has 1 atom stereocenters. The lowest BCUT2D eigenvalue weighted by Crippen LogP contribution is -2.20. The average Bonchev–Trinajstić information content (AvgIpc) is 3.12. The van der Waals surface area contributed by atoms with Crippen molar-refractivity contribution in [2.45, 2.75) is 32.4 Å². The van der Waals surface area contributed by atoms with Crippen LogP contribution >= 0.6 is 11.3 Å². The number of fused-ring (bicyclic) bond motifs is 2. The largest absolute Gasteiger partial charge is 0.304 e. The van der Waals surface area contributed by atoms with Crippen LogP contribution in [0.2, 0.25) is 0 Å². The normalized spacial score (nSPS) is 17.8. The number of imidazole rings is 1. The van der Waals surface area contributed by atoms with Crippen molar-refractivity contribution in [2.24, 2.45) is 0 Å². The first-order chi connectivity index (χ1) is 9.83. The Kier molecular flexibility index (Phi) is 2.86. The van der Waals surface area contributed by atoms with E-state index in [4.69, 9.17) is 0 Å². The molecule has 20 heavy (non-hydrogen) atoms. The van der Waals surface area contributed by atoms with Gasteiger partial charge >= 0.3 is 0 Å². The van der Waals surface area contributed by atoms with Gasteiger partial charge in [-0.2, -0.15) is 0 Å². The molecule has 1 aliphatic rings. The van der Waals surface area contributed by atoms with Crippen LogP contribution < -0.4 is 5.32 Å². The summed E-state index contributed by atoms with van der Waals surface area (Å²) in [6, 6.07) is 9.26. The summed E-state index contributed by atoms with van der Waals surface area (Å²) in [6.45, 7) is 2.97. The fraction of sp³-hybridized carbons (Fsp3) is 0.312. The van der Waals surface area contributed by atoms with E-state index in [9.17, 15) is 0 Å². The van der Waals surface area contributed by atoms with Gasteiger partial charge in [0.1, 0.15) is 0 Å². The second-order valence-electron chi connectivity index (χ2n) is 5.37. The van der Waals surface area contributed by atoms with Crippen LogP contribution in [0.1, 0.15) is 35.0 Å². The molecule has 0 fully saturated rings. The van der Waals surface area contributed by atoms with Crippen molar-refractivity contribution in [2.75, 3.05) is 0 Å². The summed E-state index contributed by atoms with van der Waals surface area (Å²) in [5.41, 5.74) is 5.38. The van der Waals surface area contributed by atoms with Crippen molar-refractivity contribution in [3.63, 3.8) is 0 Å². The standard InChI is InChI=1S/C16H17N3S/c1-11-15(19-8-9-20-16(19)18-11)10-17-14-7-6-12-4-2-3-5-13(12)14/h2-5,8-9,14,17H,6-7,10H2,1H3. The molecule has 1 N–H and O–H groups in total. The van der Waals surface area contributed by atoms with Crippen LogP contribution in [0.3, 0.4) is 0 Å². The first-order valence-electron chi connectivity index (χ1n) is 7.05. The molecular formula is C16H17N3S. The predicted octanol–water partition coefficient (Wildman–Crippen LogP) is 3.48. The number of thiazole rings is 1. The van der Waals surface area contributed by atoms with Gasteiger partial charge in [0.25, 0.3) is 0 Å². The molecule has 0 saturated heterocycles. The van der Waals surface area contributed by atoms with E-state index in [1.54, 1.807) is 11.3 Å². The number of hydrogen-bond acceptors (Lipinski definition) is 3. The van der Waals surface area contributed by atoms with Gasteiger partial charge in [-0.3, -0.25) is 4.40 Å². The first-order valence-corrected chi connectivity index (χ1v) is 7.93. The molecule has 3 nitrogen and oxygen atoms in total. The Morgan fingerprint density at radius 1 is 1.40 bits per heavy atom. The summed E-state index contributed by atoms with van der Waals surface area (Å²) in [5, 5.41) is 5.80. The minimum Gasteiger partial charge on any atom is -0.304 e. The zero-order valence-electron chi connectivity index (χ0n) is 11.5. The van der Waals surface area contributed by atoms with Crippen LogP contribution in [0.25, 0.3) is 4.96 Å². The van der Waals surface area contributed by atoms with E-state index < -0.39 is 0 Å². The molecule has 2 aromatic heterocycles. The van der Waals surface area contributed by atoms with Gasteiger partial charge < -0.3 is 5.32 Å². The maximum Gasteiger partial charge on any atom is 0.194 e. The second kappa shape index (κ2) is 4.72. The first kappa shape index (κ1) is 12.1. The van der Waals surface area contributed by atoms with Crippen molar-refractivity contribution >= 4 is 16.3 Å². The van der Waals surface area contributed by atoms with Gasteiger partial charge in [-0.15, -0.1) is 11.3 Å². The topological polar surface area (TPSA) is 29.3 Å². The van der Waals surface area contributed by atoms with Gasteiger partial charge in [0.05, 0.1) is 11.4 Å². The van der Waals surface area contributed by atoms with Crippen molar-refractivity contribution < 1.29 is 0 Å². The maximum absolute atomic E-state index is 4.60. The maximum atomic E-state index is 4.60. The van der Waals surface area contributed by atoms with E-state index >= 15 is 0 Å². The molecule has 1 aliphatic carbocycles. The lowest BCUT2D eigenvalue weighted by molar-refractivity contribution is 0.523. The number of nitrogens with zero attached hydrogens (tertiary/aromatic N) is 2. The zero-order chi connectivity index (χ0) is 13.5. The third kappa shape index (κ3) is 1.87. The molecule has 4 rings (SSSR count). The van der Waals surface area contributed by atoms with Crippen LogP contribution in [0.15, 0.2) is 35.8 Å². The average molecular weight is 283 g/mol. The van der Waals surface area contributed by atoms with Gasteiger partial charge in [0, 0.05) is 24.2 Å². The van der Waals surface area contributed by atoms with E-state index in [0.29, 0.717) is 6.04 Å². The Morgan fingerprint density at radius 3 is 3.25 bits per heavy atom. The zero-order valence-corrected chi connectivity index (χ0v) is 12.3. The van der Waals surface area contributed by atoms with E-state index in [1.807, 2.05) is 0 Å². The Balaban J connectivity index is 1.57. The lowest BCUT2D eigenvalue weighted by Gasteiger charge is -2.14. The molecule has 0 aliphatic heterocycles. The van der Waals surface area contributed by atoms with Crippen molar-refractivity contribution in [1.29, 1.82) is 0 Å². The van der Waals surface area contributed by atoms with Gasteiger partial charge in [-0.05, 0) is 30.9 Å². The number of hydrogen-bond donors (Lipinski definition) is 1. The summed E-state index contributed by atoms with van der Waals surface area (Å²) in [7, 11) is 0. The molecule has 0 bridgehead atoms. The third-order valence-electron chi connectivity index (χ3n) is 4.21. The summed E-state index contributed by atoms with van der Waals surface area (Å²) in [5.74, 6) is 0. The Morgan fingerprint density at radius 2 is 2.30 bits per heavy atom. The van der Waals surface area contributed by atoms with Crippen LogP contribution in [0, 0.1) is 6.92 Å². The molecule has 102 valence electrons. The van der Waals surface area contributed by atoms with Gasteiger partial charge in [0.2, 0.25) is 0 Å². The van der Waals surface area contributed by atoms with Crippen molar-refractivity contribution in [3.05, 3.63) is 58.4 Å². The number of aromatic nitrogens is 2. The SMILES string of the molecule is Cc1nc2sccn2c1CNC1CCc2ccccc21. The number of rotatable bonds is 3. The molecule has 0 spiro atoms. The van der Waals surface area contributed by atoms with E-state index in [1.165, 1.54) is 29.7 Å². The fourth-order valence-electron chi connectivity index (χ4n) is 3.14. The fourth-order valence-corrected chi connectivity index (χ4v) is 3.92. The molecule has 1 aromatic carbocycles. The van der Waals surface area contributed by atoms with Crippen molar-refractivity contribution in [1.82, 2.24) is 14.7 Å². The van der Waals surface area contributed by atoms with Crippen molar-refractivity contribution in [3.8, 4) is 0 Å². The molecular weight excluding hydrogens is 266 g/mol. The monoisotopic (exact) mass is 283 g/mol. The Hall–Kier alpha value is -1.65. The van der Waals surface area contributed by atoms with E-state index in [2.05, 4.69) is 57.5 Å². The molecule has 4 heteroatoms. The lowest BCUT2D eigenvalue weighted by atomic mass is 10.1. The third-order valence-corrected chi connectivity index (χ3v) is 4.97. The summed E-state index contributed by atoms with van der Waals surface area (Å²) < 4.78 is 2.20. The number of nitrogens with one attached hydrogen (secondary N) is 1. The molecule has 1 unspecified atom stereocenters. The van der Waals surface area contributed by atoms with Gasteiger partial charge in [-0.1, -0.05) is 24.3 Å². The second-order valence-corrected chi connectivity index (χ2v) is 6.24. The molecule has 3 aromatic rings. The summed E-state index contributed by atoms with van der Waals surface area (Å²) in [6.07, 6.45) is 4.50. The van der Waals surface area contributed by atoms with Gasteiger partial charge in [0.15, 0.2) is 4.96 Å². The highest BCUT2D eigenvalue weighted by atomic mass is 32.1. The molecule has 0 radical (unpaired) electrons. The number of benzene rings is 1. The smallest absolute Gasteiger partial charge is 0.194 e. The minimum atomic E-state index is 0.481. The quantitative estimate of drug-likeness (QED) is 0.797. The van der Waals surface area contributed by atoms with Crippen LogP contribution in [0.4, 0.5) is 0 Å².